The molecule has 88 valence electrons. The maximum atomic E-state index is 11.7. The van der Waals surface area contributed by atoms with Gasteiger partial charge in [0.25, 0.3) is 5.91 Å². The Kier molecular flexibility index (Phi) is 3.66. The Morgan fingerprint density at radius 3 is 2.82 bits per heavy atom. The van der Waals surface area contributed by atoms with Gasteiger partial charge in [-0.15, -0.1) is 5.10 Å². The number of nitrogens with zero attached hydrogens (tertiary/aromatic N) is 2. The third-order valence-corrected chi connectivity index (χ3v) is 2.61. The number of amides is 1. The zero-order chi connectivity index (χ0) is 12.1. The van der Waals surface area contributed by atoms with Crippen LogP contribution >= 0.6 is 11.5 Å². The van der Waals surface area contributed by atoms with Gasteiger partial charge in [0.2, 0.25) is 0 Å². The van der Waals surface area contributed by atoms with E-state index in [4.69, 9.17) is 4.74 Å². The first kappa shape index (κ1) is 11.5. The second kappa shape index (κ2) is 5.40. The maximum absolute atomic E-state index is 11.7. The van der Waals surface area contributed by atoms with Gasteiger partial charge in [0.1, 0.15) is 10.8 Å². The normalized spacial score (nSPS) is 11.8. The molecule has 0 bridgehead atoms. The van der Waals surface area contributed by atoms with Crippen molar-refractivity contribution >= 4 is 22.4 Å². The molecule has 1 amide bonds. The van der Waals surface area contributed by atoms with Crippen LogP contribution in [0.4, 0.5) is 5.00 Å². The quantitative estimate of drug-likeness (QED) is 0.899. The zero-order valence-electron chi connectivity index (χ0n) is 9.16. The van der Waals surface area contributed by atoms with Crippen molar-refractivity contribution in [1.82, 2.24) is 9.59 Å². The summed E-state index contributed by atoms with van der Waals surface area (Å²) in [5.74, 6) is 0.442. The number of anilines is 1. The number of nitrogens with one attached hydrogen (secondary N) is 1. The molecular formula is C11H11N3O2S. The molecule has 0 aliphatic heterocycles. The van der Waals surface area contributed by atoms with Gasteiger partial charge in [0.05, 0.1) is 6.20 Å². The summed E-state index contributed by atoms with van der Waals surface area (Å²) >= 11 is 1.13. The average Bonchev–Trinajstić information content (AvgIpc) is 2.83. The molecule has 2 rings (SSSR count). The standard InChI is InChI=1S/C11H11N3O2S/c1-8(16-9-5-3-2-4-6-9)11(15)13-10-7-12-14-17-10/h2-8H,1H3,(H,13,15). The van der Waals surface area contributed by atoms with Crippen molar-refractivity contribution in [3.63, 3.8) is 0 Å². The number of hydrogen-bond donors (Lipinski definition) is 1. The molecule has 1 unspecified atom stereocenters. The van der Waals surface area contributed by atoms with E-state index in [0.717, 1.165) is 11.5 Å². The topological polar surface area (TPSA) is 64.1 Å². The van der Waals surface area contributed by atoms with Crippen molar-refractivity contribution in [3.8, 4) is 5.75 Å². The molecule has 5 nitrogen and oxygen atoms in total. The molecule has 17 heavy (non-hydrogen) atoms. The van der Waals surface area contributed by atoms with Crippen molar-refractivity contribution in [1.29, 1.82) is 0 Å². The lowest BCUT2D eigenvalue weighted by molar-refractivity contribution is -0.122. The fourth-order valence-corrected chi connectivity index (χ4v) is 1.62. The molecule has 0 saturated carbocycles. The summed E-state index contributed by atoms with van der Waals surface area (Å²) in [5.41, 5.74) is 0. The SMILES string of the molecule is CC(Oc1ccccc1)C(=O)Nc1cnns1. The van der Waals surface area contributed by atoms with Crippen molar-refractivity contribution < 1.29 is 9.53 Å². The van der Waals surface area contributed by atoms with E-state index in [1.54, 1.807) is 19.1 Å². The van der Waals surface area contributed by atoms with E-state index >= 15 is 0 Å². The molecular weight excluding hydrogens is 238 g/mol. The van der Waals surface area contributed by atoms with Crippen LogP contribution in [0.3, 0.4) is 0 Å². The minimum absolute atomic E-state index is 0.222. The summed E-state index contributed by atoms with van der Waals surface area (Å²) in [7, 11) is 0. The highest BCUT2D eigenvalue weighted by atomic mass is 32.1. The van der Waals surface area contributed by atoms with Gasteiger partial charge in [0.15, 0.2) is 6.10 Å². The van der Waals surface area contributed by atoms with Gasteiger partial charge in [-0.2, -0.15) is 0 Å². The summed E-state index contributed by atoms with van der Waals surface area (Å²) in [6.45, 7) is 1.69. The van der Waals surface area contributed by atoms with E-state index in [0.29, 0.717) is 10.8 Å². The van der Waals surface area contributed by atoms with E-state index in [-0.39, 0.29) is 5.91 Å². The number of rotatable bonds is 4. The molecule has 0 aliphatic rings. The second-order valence-corrected chi connectivity index (χ2v) is 4.13. The second-order valence-electron chi connectivity index (χ2n) is 3.34. The third kappa shape index (κ3) is 3.25. The fraction of sp³-hybridized carbons (Fsp3) is 0.182. The monoisotopic (exact) mass is 249 g/mol. The molecule has 1 aromatic heterocycles. The van der Waals surface area contributed by atoms with Crippen molar-refractivity contribution in [3.05, 3.63) is 36.5 Å². The van der Waals surface area contributed by atoms with Gasteiger partial charge in [-0.3, -0.25) is 4.79 Å². The first-order valence-electron chi connectivity index (χ1n) is 5.05. The van der Waals surface area contributed by atoms with Gasteiger partial charge in [-0.1, -0.05) is 22.7 Å². The number of para-hydroxylation sites is 1. The molecule has 1 heterocycles. The van der Waals surface area contributed by atoms with Crippen molar-refractivity contribution in [2.75, 3.05) is 5.32 Å². The highest BCUT2D eigenvalue weighted by Crippen LogP contribution is 2.13. The number of ether oxygens (including phenoxy) is 1. The van der Waals surface area contributed by atoms with Crippen LogP contribution in [-0.2, 0) is 4.79 Å². The Morgan fingerprint density at radius 2 is 2.18 bits per heavy atom. The minimum Gasteiger partial charge on any atom is -0.481 e. The van der Waals surface area contributed by atoms with E-state index in [9.17, 15) is 4.79 Å². The Morgan fingerprint density at radius 1 is 1.41 bits per heavy atom. The predicted molar refractivity (Wildman–Crippen MR) is 65.1 cm³/mol. The molecule has 0 radical (unpaired) electrons. The van der Waals surface area contributed by atoms with Gasteiger partial charge >= 0.3 is 0 Å². The third-order valence-electron chi connectivity index (χ3n) is 2.03. The van der Waals surface area contributed by atoms with Gasteiger partial charge in [0, 0.05) is 11.5 Å². The summed E-state index contributed by atoms with van der Waals surface area (Å²) in [4.78, 5) is 11.7. The number of aromatic nitrogens is 2. The van der Waals surface area contributed by atoms with Crippen LogP contribution in [0, 0.1) is 0 Å². The summed E-state index contributed by atoms with van der Waals surface area (Å²) in [6, 6.07) is 9.21. The molecule has 6 heteroatoms. The van der Waals surface area contributed by atoms with Crippen LogP contribution in [0.5, 0.6) is 5.75 Å². The Hall–Kier alpha value is -1.95. The van der Waals surface area contributed by atoms with Crippen LogP contribution in [0.15, 0.2) is 36.5 Å². The zero-order valence-corrected chi connectivity index (χ0v) is 9.98. The van der Waals surface area contributed by atoms with Gasteiger partial charge < -0.3 is 10.1 Å². The lowest BCUT2D eigenvalue weighted by Crippen LogP contribution is -2.29. The molecule has 1 N–H and O–H groups in total. The van der Waals surface area contributed by atoms with Gasteiger partial charge in [-0.05, 0) is 19.1 Å². The fourth-order valence-electron chi connectivity index (χ4n) is 1.20. The van der Waals surface area contributed by atoms with Crippen molar-refractivity contribution in [2.24, 2.45) is 0 Å². The number of hydrogen-bond acceptors (Lipinski definition) is 5. The average molecular weight is 249 g/mol. The van der Waals surface area contributed by atoms with Crippen LogP contribution < -0.4 is 10.1 Å². The maximum Gasteiger partial charge on any atom is 0.265 e. The highest BCUT2D eigenvalue weighted by Gasteiger charge is 2.15. The summed E-state index contributed by atoms with van der Waals surface area (Å²) in [5, 5.41) is 6.91. The first-order chi connectivity index (χ1) is 8.25. The molecule has 0 aliphatic carbocycles. The molecule has 0 saturated heterocycles. The van der Waals surface area contributed by atoms with Crippen molar-refractivity contribution in [2.45, 2.75) is 13.0 Å². The summed E-state index contributed by atoms with van der Waals surface area (Å²) < 4.78 is 9.13. The molecule has 1 aromatic carbocycles. The van der Waals surface area contributed by atoms with E-state index in [1.165, 1.54) is 6.20 Å². The molecule has 0 fully saturated rings. The lowest BCUT2D eigenvalue weighted by Gasteiger charge is -2.13. The largest absolute Gasteiger partial charge is 0.481 e. The van der Waals surface area contributed by atoms with Crippen LogP contribution in [0.25, 0.3) is 0 Å². The van der Waals surface area contributed by atoms with Crippen LogP contribution in [0.1, 0.15) is 6.92 Å². The smallest absolute Gasteiger partial charge is 0.265 e. The van der Waals surface area contributed by atoms with E-state index < -0.39 is 6.10 Å². The summed E-state index contributed by atoms with van der Waals surface area (Å²) in [6.07, 6.45) is 0.928. The number of carbonyl (C=O) groups excluding carboxylic acids is 1. The minimum atomic E-state index is -0.570. The van der Waals surface area contributed by atoms with E-state index in [1.807, 2.05) is 18.2 Å². The molecule has 1 atom stereocenters. The van der Waals surface area contributed by atoms with Crippen LogP contribution in [-0.4, -0.2) is 21.6 Å². The number of benzene rings is 1. The Balaban J connectivity index is 1.92. The Bertz CT molecular complexity index is 473. The number of carbonyl (C=O) groups is 1. The van der Waals surface area contributed by atoms with Gasteiger partial charge in [-0.25, -0.2) is 0 Å². The molecule has 2 aromatic rings. The Labute approximate surface area is 103 Å². The lowest BCUT2D eigenvalue weighted by atomic mass is 10.3. The van der Waals surface area contributed by atoms with Crippen LogP contribution in [0.2, 0.25) is 0 Å². The predicted octanol–water partition coefficient (Wildman–Crippen LogP) is 1.94. The van der Waals surface area contributed by atoms with E-state index in [2.05, 4.69) is 14.9 Å². The first-order valence-corrected chi connectivity index (χ1v) is 5.83. The molecule has 0 spiro atoms. The highest BCUT2D eigenvalue weighted by molar-refractivity contribution is 7.10.